The highest BCUT2D eigenvalue weighted by Crippen LogP contribution is 2.25. The summed E-state index contributed by atoms with van der Waals surface area (Å²) in [6, 6.07) is 5.48. The molecule has 0 saturated heterocycles. The zero-order chi connectivity index (χ0) is 12.9. The zero-order valence-corrected chi connectivity index (χ0v) is 10.2. The van der Waals surface area contributed by atoms with Crippen LogP contribution >= 0.6 is 0 Å². The first-order chi connectivity index (χ1) is 8.08. The third-order valence-corrected chi connectivity index (χ3v) is 2.67. The smallest absolute Gasteiger partial charge is 0.120 e. The van der Waals surface area contributed by atoms with Crippen LogP contribution in [-0.4, -0.2) is 36.1 Å². The first-order valence-corrected chi connectivity index (χ1v) is 5.45. The van der Waals surface area contributed by atoms with Crippen LogP contribution in [0.2, 0.25) is 0 Å². The summed E-state index contributed by atoms with van der Waals surface area (Å²) >= 11 is 0. The van der Waals surface area contributed by atoms with Crippen LogP contribution in [0.5, 0.6) is 5.75 Å². The quantitative estimate of drug-likeness (QED) is 0.575. The zero-order valence-electron chi connectivity index (χ0n) is 10.2. The second-order valence-corrected chi connectivity index (χ2v) is 4.23. The van der Waals surface area contributed by atoms with E-state index in [0.717, 1.165) is 11.3 Å². The Bertz CT molecular complexity index is 365. The number of nitrogens with one attached hydrogen (secondary N) is 1. The Morgan fingerprint density at radius 3 is 2.47 bits per heavy atom. The van der Waals surface area contributed by atoms with Gasteiger partial charge in [-0.25, -0.2) is 0 Å². The number of benzene rings is 1. The molecule has 1 aromatic carbocycles. The lowest BCUT2D eigenvalue weighted by Crippen LogP contribution is -2.42. The first-order valence-electron chi connectivity index (χ1n) is 5.45. The highest BCUT2D eigenvalue weighted by Gasteiger charge is 2.22. The van der Waals surface area contributed by atoms with Crippen LogP contribution in [0.1, 0.15) is 12.5 Å². The molecule has 5 N–H and O–H groups in total. The minimum absolute atomic E-state index is 0.176. The molecule has 0 heterocycles. The molecule has 0 fully saturated rings. The Labute approximate surface area is 101 Å². The molecule has 0 bridgehead atoms. The fourth-order valence-electron chi connectivity index (χ4n) is 1.43. The second kappa shape index (κ2) is 5.86. The van der Waals surface area contributed by atoms with Crippen molar-refractivity contribution in [3.05, 3.63) is 23.8 Å². The number of rotatable bonds is 6. The van der Waals surface area contributed by atoms with Crippen molar-refractivity contribution in [3.8, 4) is 5.75 Å². The summed E-state index contributed by atoms with van der Waals surface area (Å²) in [5.41, 5.74) is 6.52. The van der Waals surface area contributed by atoms with E-state index in [1.807, 2.05) is 12.1 Å². The van der Waals surface area contributed by atoms with Gasteiger partial charge in [0.15, 0.2) is 0 Å². The summed E-state index contributed by atoms with van der Waals surface area (Å²) in [5, 5.41) is 21.6. The standard InChI is InChI=1S/C12H20N2O3/c1-12(7-15,8-16)14-11-5-10(17-2)4-3-9(11)6-13/h3-5,14-16H,6-8,13H2,1-2H3. The number of nitrogens with two attached hydrogens (primary N) is 1. The number of hydrogen-bond donors (Lipinski definition) is 4. The van der Waals surface area contributed by atoms with Crippen molar-refractivity contribution in [1.29, 1.82) is 0 Å². The highest BCUT2D eigenvalue weighted by molar-refractivity contribution is 5.56. The summed E-state index contributed by atoms with van der Waals surface area (Å²) in [5.74, 6) is 0.697. The number of hydrogen-bond acceptors (Lipinski definition) is 5. The van der Waals surface area contributed by atoms with E-state index in [4.69, 9.17) is 10.5 Å². The molecule has 0 saturated carbocycles. The second-order valence-electron chi connectivity index (χ2n) is 4.23. The molecule has 0 atom stereocenters. The van der Waals surface area contributed by atoms with Crippen molar-refractivity contribution in [2.75, 3.05) is 25.6 Å². The van der Waals surface area contributed by atoms with Gasteiger partial charge in [-0.1, -0.05) is 6.07 Å². The number of ether oxygens (including phenoxy) is 1. The van der Waals surface area contributed by atoms with Gasteiger partial charge in [0.2, 0.25) is 0 Å². The van der Waals surface area contributed by atoms with Gasteiger partial charge in [-0.05, 0) is 18.6 Å². The minimum atomic E-state index is -0.781. The number of aliphatic hydroxyl groups excluding tert-OH is 2. The molecule has 0 amide bonds. The molecule has 0 aliphatic heterocycles. The molecule has 5 heteroatoms. The predicted molar refractivity (Wildman–Crippen MR) is 67.1 cm³/mol. The van der Waals surface area contributed by atoms with E-state index < -0.39 is 5.54 Å². The lowest BCUT2D eigenvalue weighted by Gasteiger charge is -2.28. The van der Waals surface area contributed by atoms with E-state index in [-0.39, 0.29) is 13.2 Å². The molecule has 0 radical (unpaired) electrons. The monoisotopic (exact) mass is 240 g/mol. The van der Waals surface area contributed by atoms with E-state index in [1.165, 1.54) is 0 Å². The molecule has 1 aromatic rings. The maximum atomic E-state index is 9.25. The van der Waals surface area contributed by atoms with E-state index in [0.29, 0.717) is 12.3 Å². The third-order valence-electron chi connectivity index (χ3n) is 2.67. The van der Waals surface area contributed by atoms with Crippen molar-refractivity contribution in [2.45, 2.75) is 19.0 Å². The van der Waals surface area contributed by atoms with Crippen LogP contribution in [0.3, 0.4) is 0 Å². The maximum absolute atomic E-state index is 9.25. The van der Waals surface area contributed by atoms with Crippen LogP contribution in [-0.2, 0) is 6.54 Å². The topological polar surface area (TPSA) is 87.7 Å². The molecular formula is C12H20N2O3. The summed E-state index contributed by atoms with van der Waals surface area (Å²) < 4.78 is 5.13. The normalized spacial score (nSPS) is 11.4. The highest BCUT2D eigenvalue weighted by atomic mass is 16.5. The maximum Gasteiger partial charge on any atom is 0.120 e. The summed E-state index contributed by atoms with van der Waals surface area (Å²) in [4.78, 5) is 0. The Morgan fingerprint density at radius 1 is 1.35 bits per heavy atom. The lowest BCUT2D eigenvalue weighted by atomic mass is 10.0. The Hall–Kier alpha value is -1.30. The van der Waals surface area contributed by atoms with Gasteiger partial charge < -0.3 is 26.0 Å². The van der Waals surface area contributed by atoms with Crippen molar-refractivity contribution in [3.63, 3.8) is 0 Å². The molecule has 96 valence electrons. The lowest BCUT2D eigenvalue weighted by molar-refractivity contribution is 0.147. The Balaban J connectivity index is 3.02. The predicted octanol–water partition coefficient (Wildman–Crippen LogP) is 0.309. The van der Waals surface area contributed by atoms with Gasteiger partial charge >= 0.3 is 0 Å². The van der Waals surface area contributed by atoms with Crippen molar-refractivity contribution in [2.24, 2.45) is 5.73 Å². The van der Waals surface area contributed by atoms with E-state index >= 15 is 0 Å². The summed E-state index contributed by atoms with van der Waals surface area (Å²) in [7, 11) is 1.58. The molecule has 5 nitrogen and oxygen atoms in total. The van der Waals surface area contributed by atoms with Gasteiger partial charge in [-0.3, -0.25) is 0 Å². The van der Waals surface area contributed by atoms with Crippen molar-refractivity contribution < 1.29 is 14.9 Å². The number of methoxy groups -OCH3 is 1. The average Bonchev–Trinajstić information content (AvgIpc) is 2.38. The van der Waals surface area contributed by atoms with Crippen LogP contribution in [0.25, 0.3) is 0 Å². The SMILES string of the molecule is COc1ccc(CN)c(NC(C)(CO)CO)c1. The molecule has 0 spiro atoms. The molecule has 1 rings (SSSR count). The van der Waals surface area contributed by atoms with E-state index in [9.17, 15) is 10.2 Å². The van der Waals surface area contributed by atoms with Gasteiger partial charge in [0.25, 0.3) is 0 Å². The molecule has 0 unspecified atom stereocenters. The molecule has 17 heavy (non-hydrogen) atoms. The molecular weight excluding hydrogens is 220 g/mol. The number of anilines is 1. The van der Waals surface area contributed by atoms with Crippen LogP contribution in [0.4, 0.5) is 5.69 Å². The van der Waals surface area contributed by atoms with Crippen LogP contribution in [0.15, 0.2) is 18.2 Å². The fourth-order valence-corrected chi connectivity index (χ4v) is 1.43. The summed E-state index contributed by atoms with van der Waals surface area (Å²) in [6.45, 7) is 1.75. The molecule has 0 aliphatic carbocycles. The average molecular weight is 240 g/mol. The van der Waals surface area contributed by atoms with E-state index in [1.54, 1.807) is 20.1 Å². The van der Waals surface area contributed by atoms with Gasteiger partial charge in [0.05, 0.1) is 25.9 Å². The van der Waals surface area contributed by atoms with Gasteiger partial charge in [0.1, 0.15) is 5.75 Å². The molecule has 0 aromatic heterocycles. The van der Waals surface area contributed by atoms with E-state index in [2.05, 4.69) is 5.32 Å². The fraction of sp³-hybridized carbons (Fsp3) is 0.500. The van der Waals surface area contributed by atoms with Crippen molar-refractivity contribution in [1.82, 2.24) is 0 Å². The minimum Gasteiger partial charge on any atom is -0.497 e. The van der Waals surface area contributed by atoms with Crippen LogP contribution < -0.4 is 15.8 Å². The first kappa shape index (κ1) is 13.8. The molecule has 0 aliphatic rings. The van der Waals surface area contributed by atoms with Crippen LogP contribution in [0, 0.1) is 0 Å². The number of aliphatic hydroxyl groups is 2. The van der Waals surface area contributed by atoms with Gasteiger partial charge in [-0.15, -0.1) is 0 Å². The van der Waals surface area contributed by atoms with Gasteiger partial charge in [-0.2, -0.15) is 0 Å². The Morgan fingerprint density at radius 2 is 2.00 bits per heavy atom. The van der Waals surface area contributed by atoms with Crippen molar-refractivity contribution >= 4 is 5.69 Å². The third kappa shape index (κ3) is 3.33. The largest absolute Gasteiger partial charge is 0.497 e. The summed E-state index contributed by atoms with van der Waals surface area (Å²) in [6.07, 6.45) is 0. The Kier molecular flexibility index (Phi) is 4.74. The van der Waals surface area contributed by atoms with Gasteiger partial charge in [0, 0.05) is 18.3 Å².